The number of carbonyl (C=O) groups is 1. The zero-order valence-electron chi connectivity index (χ0n) is 12.3. The van der Waals surface area contributed by atoms with Crippen LogP contribution in [0.25, 0.3) is 0 Å². The summed E-state index contributed by atoms with van der Waals surface area (Å²) in [5.41, 5.74) is 6.12. The molecule has 0 spiro atoms. The van der Waals surface area contributed by atoms with E-state index in [-0.39, 0.29) is 5.97 Å². The van der Waals surface area contributed by atoms with Gasteiger partial charge in [-0.05, 0) is 31.5 Å². The lowest BCUT2D eigenvalue weighted by atomic mass is 9.81. The molecule has 0 unspecified atom stereocenters. The Hall–Kier alpha value is -1.27. The molecule has 0 aliphatic heterocycles. The van der Waals surface area contributed by atoms with Gasteiger partial charge in [-0.25, -0.2) is 0 Å². The van der Waals surface area contributed by atoms with E-state index in [1.54, 1.807) is 40.2 Å². The zero-order chi connectivity index (χ0) is 15.5. The summed E-state index contributed by atoms with van der Waals surface area (Å²) in [6.07, 6.45) is 0. The molecule has 1 aromatic rings. The average molecular weight is 346 g/mol. The highest BCUT2D eigenvalue weighted by Gasteiger charge is 2.37. The maximum Gasteiger partial charge on any atom is 0.313 e. The molecule has 0 radical (unpaired) electrons. The number of ether oxygens (including phenoxy) is 3. The Balaban J connectivity index is 3.29. The summed E-state index contributed by atoms with van der Waals surface area (Å²) in [4.78, 5) is 11.9. The Morgan fingerprint density at radius 2 is 1.70 bits per heavy atom. The maximum atomic E-state index is 11.9. The summed E-state index contributed by atoms with van der Waals surface area (Å²) in [6, 6.07) is 2.98. The molecule has 0 saturated carbocycles. The first kappa shape index (κ1) is 16.8. The van der Waals surface area contributed by atoms with Crippen molar-refractivity contribution < 1.29 is 19.0 Å². The molecular weight excluding hydrogens is 326 g/mol. The Labute approximate surface area is 127 Å². The first-order valence-electron chi connectivity index (χ1n) is 6.05. The summed E-state index contributed by atoms with van der Waals surface area (Å²) in [5, 5.41) is 0. The van der Waals surface area contributed by atoms with E-state index < -0.39 is 11.5 Å². The summed E-state index contributed by atoms with van der Waals surface area (Å²) in [5.74, 6) is 0.777. The second kappa shape index (κ2) is 6.45. The molecule has 0 amide bonds. The molecule has 1 aromatic carbocycles. The number of nitrogens with two attached hydrogens (primary N) is 1. The van der Waals surface area contributed by atoms with Crippen LogP contribution in [0.2, 0.25) is 0 Å². The number of rotatable bonds is 5. The van der Waals surface area contributed by atoms with Crippen LogP contribution in [-0.2, 0) is 9.53 Å². The quantitative estimate of drug-likeness (QED) is 0.830. The molecule has 1 rings (SSSR count). The van der Waals surface area contributed by atoms with Crippen LogP contribution in [0, 0.1) is 5.41 Å². The van der Waals surface area contributed by atoms with Crippen LogP contribution in [0.5, 0.6) is 11.5 Å². The minimum Gasteiger partial charge on any atom is -0.493 e. The molecular formula is C14H20BrNO4. The maximum absolute atomic E-state index is 11.9. The smallest absolute Gasteiger partial charge is 0.313 e. The summed E-state index contributed by atoms with van der Waals surface area (Å²) < 4.78 is 16.0. The van der Waals surface area contributed by atoms with Gasteiger partial charge in [0.05, 0.1) is 26.7 Å². The molecule has 0 fully saturated rings. The Kier molecular flexibility index (Phi) is 5.42. The van der Waals surface area contributed by atoms with E-state index in [1.165, 1.54) is 7.11 Å². The summed E-state index contributed by atoms with van der Waals surface area (Å²) in [7, 11) is 4.45. The molecule has 0 aliphatic carbocycles. The molecule has 2 N–H and O–H groups in total. The molecule has 0 aliphatic rings. The topological polar surface area (TPSA) is 70.8 Å². The number of carbonyl (C=O) groups excluding carboxylic acids is 1. The minimum atomic E-state index is -0.864. The van der Waals surface area contributed by atoms with Crippen LogP contribution < -0.4 is 15.2 Å². The van der Waals surface area contributed by atoms with Crippen molar-refractivity contribution in [3.8, 4) is 11.5 Å². The fourth-order valence-electron chi connectivity index (χ4n) is 1.89. The van der Waals surface area contributed by atoms with E-state index in [4.69, 9.17) is 19.9 Å². The van der Waals surface area contributed by atoms with Gasteiger partial charge in [-0.1, -0.05) is 15.9 Å². The number of esters is 1. The minimum absolute atomic E-state index is 0.369. The van der Waals surface area contributed by atoms with Crippen molar-refractivity contribution >= 4 is 21.9 Å². The largest absolute Gasteiger partial charge is 0.493 e. The van der Waals surface area contributed by atoms with Crippen LogP contribution >= 0.6 is 15.9 Å². The van der Waals surface area contributed by atoms with Gasteiger partial charge in [0.25, 0.3) is 0 Å². The van der Waals surface area contributed by atoms with Gasteiger partial charge in [0, 0.05) is 10.5 Å². The van der Waals surface area contributed by atoms with Crippen LogP contribution in [-0.4, -0.2) is 27.3 Å². The highest BCUT2D eigenvalue weighted by atomic mass is 79.9. The van der Waals surface area contributed by atoms with E-state index in [9.17, 15) is 4.79 Å². The second-order valence-corrected chi connectivity index (χ2v) is 5.77. The monoisotopic (exact) mass is 345 g/mol. The van der Waals surface area contributed by atoms with Gasteiger partial charge in [-0.15, -0.1) is 0 Å². The number of hydrogen-bond donors (Lipinski definition) is 1. The van der Waals surface area contributed by atoms with Gasteiger partial charge in [0.15, 0.2) is 11.5 Å². The third kappa shape index (κ3) is 3.07. The first-order chi connectivity index (χ1) is 9.29. The predicted molar refractivity (Wildman–Crippen MR) is 80.0 cm³/mol. The number of methoxy groups -OCH3 is 3. The Bertz CT molecular complexity index is 502. The van der Waals surface area contributed by atoms with Gasteiger partial charge in [-0.2, -0.15) is 0 Å². The predicted octanol–water partition coefficient (Wildman–Crippen LogP) is 2.67. The van der Waals surface area contributed by atoms with Crippen LogP contribution in [0.3, 0.4) is 0 Å². The van der Waals surface area contributed by atoms with Crippen molar-refractivity contribution in [3.63, 3.8) is 0 Å². The lowest BCUT2D eigenvalue weighted by Gasteiger charge is -2.30. The van der Waals surface area contributed by atoms with Crippen LogP contribution in [0.15, 0.2) is 16.6 Å². The van der Waals surface area contributed by atoms with E-state index in [0.717, 1.165) is 10.0 Å². The molecule has 112 valence electrons. The summed E-state index contributed by atoms with van der Waals surface area (Å²) in [6.45, 7) is 3.49. The van der Waals surface area contributed by atoms with E-state index >= 15 is 0 Å². The molecule has 0 aromatic heterocycles. The van der Waals surface area contributed by atoms with Crippen LogP contribution in [0.1, 0.15) is 25.5 Å². The Morgan fingerprint density at radius 1 is 1.20 bits per heavy atom. The highest BCUT2D eigenvalue weighted by Crippen LogP contribution is 2.41. The molecule has 6 heteroatoms. The van der Waals surface area contributed by atoms with Crippen molar-refractivity contribution in [2.75, 3.05) is 21.3 Å². The molecule has 0 saturated heterocycles. The molecule has 20 heavy (non-hydrogen) atoms. The van der Waals surface area contributed by atoms with Gasteiger partial charge < -0.3 is 19.9 Å². The number of hydrogen-bond acceptors (Lipinski definition) is 5. The molecule has 0 heterocycles. The third-order valence-corrected chi connectivity index (χ3v) is 4.01. The SMILES string of the molecule is COC(=O)C(C)(C)[C@H](N)c1cc(OC)c(OC)cc1Br. The Morgan fingerprint density at radius 3 is 2.15 bits per heavy atom. The van der Waals surface area contributed by atoms with Gasteiger partial charge in [-0.3, -0.25) is 4.79 Å². The average Bonchev–Trinajstić information content (AvgIpc) is 2.44. The fraction of sp³-hybridized carbons (Fsp3) is 0.500. The van der Waals surface area contributed by atoms with Crippen molar-refractivity contribution in [2.24, 2.45) is 11.1 Å². The van der Waals surface area contributed by atoms with E-state index in [1.807, 2.05) is 0 Å². The standard InChI is InChI=1S/C14H20BrNO4/c1-14(2,13(17)20-5)12(16)8-6-10(18-3)11(19-4)7-9(8)15/h6-7,12H,16H2,1-5H3/t12-/m1/s1. The highest BCUT2D eigenvalue weighted by molar-refractivity contribution is 9.10. The normalized spacial score (nSPS) is 12.8. The van der Waals surface area contributed by atoms with Gasteiger partial charge in [0.2, 0.25) is 0 Å². The molecule has 0 bridgehead atoms. The van der Waals surface area contributed by atoms with Crippen molar-refractivity contribution in [3.05, 3.63) is 22.2 Å². The lowest BCUT2D eigenvalue weighted by Crippen LogP contribution is -2.37. The van der Waals surface area contributed by atoms with Crippen molar-refractivity contribution in [1.29, 1.82) is 0 Å². The summed E-state index contributed by atoms with van der Waals surface area (Å²) >= 11 is 3.45. The number of halogens is 1. The van der Waals surface area contributed by atoms with Crippen molar-refractivity contribution in [2.45, 2.75) is 19.9 Å². The third-order valence-electron chi connectivity index (χ3n) is 3.33. The zero-order valence-corrected chi connectivity index (χ0v) is 13.9. The molecule has 1 atom stereocenters. The van der Waals surface area contributed by atoms with Crippen LogP contribution in [0.4, 0.5) is 0 Å². The van der Waals surface area contributed by atoms with Crippen molar-refractivity contribution in [1.82, 2.24) is 0 Å². The first-order valence-corrected chi connectivity index (χ1v) is 6.84. The fourth-order valence-corrected chi connectivity index (χ4v) is 2.46. The second-order valence-electron chi connectivity index (χ2n) is 4.92. The van der Waals surface area contributed by atoms with E-state index in [0.29, 0.717) is 11.5 Å². The molecule has 5 nitrogen and oxygen atoms in total. The number of benzene rings is 1. The van der Waals surface area contributed by atoms with Gasteiger partial charge >= 0.3 is 5.97 Å². The van der Waals surface area contributed by atoms with E-state index in [2.05, 4.69) is 15.9 Å². The van der Waals surface area contributed by atoms with Gasteiger partial charge in [0.1, 0.15) is 0 Å². The lowest BCUT2D eigenvalue weighted by molar-refractivity contribution is -0.152.